The van der Waals surface area contributed by atoms with Crippen molar-refractivity contribution in [3.63, 3.8) is 0 Å². The Bertz CT molecular complexity index is 756. The zero-order valence-corrected chi connectivity index (χ0v) is 16.7. The van der Waals surface area contributed by atoms with Crippen LogP contribution in [0.5, 0.6) is 5.75 Å². The maximum atomic E-state index is 12.1. The van der Waals surface area contributed by atoms with Crippen molar-refractivity contribution < 1.29 is 14.3 Å². The van der Waals surface area contributed by atoms with E-state index in [9.17, 15) is 9.59 Å². The molecule has 2 aromatic rings. The third kappa shape index (κ3) is 7.40. The predicted octanol–water partition coefficient (Wildman–Crippen LogP) is 3.34. The molecule has 0 aliphatic carbocycles. The van der Waals surface area contributed by atoms with Gasteiger partial charge < -0.3 is 20.7 Å². The van der Waals surface area contributed by atoms with Crippen LogP contribution in [0, 0.1) is 0 Å². The quantitative estimate of drug-likeness (QED) is 0.588. The molecule has 0 spiro atoms. The molecule has 0 unspecified atom stereocenters. The van der Waals surface area contributed by atoms with Crippen molar-refractivity contribution in [2.24, 2.45) is 0 Å². The van der Waals surface area contributed by atoms with Crippen LogP contribution in [0.15, 0.2) is 48.5 Å². The molecule has 6 heteroatoms. The van der Waals surface area contributed by atoms with Crippen LogP contribution >= 0.6 is 0 Å². The smallest absolute Gasteiger partial charge is 0.251 e. The van der Waals surface area contributed by atoms with Gasteiger partial charge >= 0.3 is 0 Å². The summed E-state index contributed by atoms with van der Waals surface area (Å²) >= 11 is 0. The summed E-state index contributed by atoms with van der Waals surface area (Å²) in [5, 5.41) is 8.75. The Morgan fingerprint density at radius 2 is 1.68 bits per heavy atom. The fourth-order valence-corrected chi connectivity index (χ4v) is 2.53. The minimum absolute atomic E-state index is 0.105. The summed E-state index contributed by atoms with van der Waals surface area (Å²) in [5.74, 6) is 0.595. The van der Waals surface area contributed by atoms with Crippen molar-refractivity contribution in [3.8, 4) is 5.75 Å². The second kappa shape index (κ2) is 11.1. The Morgan fingerprint density at radius 1 is 1.00 bits per heavy atom. The lowest BCUT2D eigenvalue weighted by atomic mass is 10.2. The van der Waals surface area contributed by atoms with Crippen molar-refractivity contribution in [2.45, 2.75) is 39.8 Å². The highest BCUT2D eigenvalue weighted by Gasteiger charge is 2.06. The van der Waals surface area contributed by atoms with Crippen molar-refractivity contribution in [3.05, 3.63) is 59.7 Å². The van der Waals surface area contributed by atoms with Gasteiger partial charge in [0.05, 0.1) is 12.6 Å². The topological polar surface area (TPSA) is 79.5 Å². The second-order valence-corrected chi connectivity index (χ2v) is 6.80. The van der Waals surface area contributed by atoms with Crippen LogP contribution in [0.2, 0.25) is 0 Å². The van der Waals surface area contributed by atoms with E-state index in [1.54, 1.807) is 24.3 Å². The highest BCUT2D eigenvalue weighted by molar-refractivity contribution is 5.96. The molecule has 0 saturated carbocycles. The van der Waals surface area contributed by atoms with Crippen molar-refractivity contribution in [1.82, 2.24) is 10.6 Å². The molecular formula is C22H29N3O3. The standard InChI is InChI=1S/C22H29N3O3/c1-4-13-24-22(27)18-7-9-19(10-8-18)25-21(26)15-23-14-17-5-11-20(12-6-17)28-16(2)3/h5-12,16,23H,4,13-15H2,1-3H3,(H,24,27)(H,25,26). The lowest BCUT2D eigenvalue weighted by molar-refractivity contribution is -0.115. The Kier molecular flexibility index (Phi) is 8.49. The Labute approximate surface area is 166 Å². The van der Waals surface area contributed by atoms with E-state index in [1.807, 2.05) is 45.0 Å². The zero-order chi connectivity index (χ0) is 20.4. The molecule has 2 aromatic carbocycles. The third-order valence-corrected chi connectivity index (χ3v) is 3.88. The highest BCUT2D eigenvalue weighted by atomic mass is 16.5. The van der Waals surface area contributed by atoms with Crippen molar-refractivity contribution in [1.29, 1.82) is 0 Å². The first-order valence-electron chi connectivity index (χ1n) is 9.62. The predicted molar refractivity (Wildman–Crippen MR) is 112 cm³/mol. The summed E-state index contributed by atoms with van der Waals surface area (Å²) in [6.07, 6.45) is 1.04. The Morgan fingerprint density at radius 3 is 2.29 bits per heavy atom. The van der Waals surface area contributed by atoms with E-state index in [1.165, 1.54) is 0 Å². The lowest BCUT2D eigenvalue weighted by Crippen LogP contribution is -2.27. The van der Waals surface area contributed by atoms with Gasteiger partial charge in [-0.2, -0.15) is 0 Å². The summed E-state index contributed by atoms with van der Waals surface area (Å²) in [7, 11) is 0. The number of hydrogen-bond acceptors (Lipinski definition) is 4. The van der Waals surface area contributed by atoms with E-state index in [-0.39, 0.29) is 24.5 Å². The number of amides is 2. The van der Waals surface area contributed by atoms with Crippen LogP contribution in [0.1, 0.15) is 43.1 Å². The van der Waals surface area contributed by atoms with Gasteiger partial charge in [-0.25, -0.2) is 0 Å². The van der Waals surface area contributed by atoms with Gasteiger partial charge in [0.2, 0.25) is 5.91 Å². The van der Waals surface area contributed by atoms with Gasteiger partial charge in [-0.05, 0) is 62.2 Å². The number of ether oxygens (including phenoxy) is 1. The number of carbonyl (C=O) groups excluding carboxylic acids is 2. The third-order valence-electron chi connectivity index (χ3n) is 3.88. The molecule has 0 atom stereocenters. The van der Waals surface area contributed by atoms with E-state index >= 15 is 0 Å². The lowest BCUT2D eigenvalue weighted by Gasteiger charge is -2.11. The molecule has 2 rings (SSSR count). The summed E-state index contributed by atoms with van der Waals surface area (Å²) in [4.78, 5) is 23.9. The van der Waals surface area contributed by atoms with Gasteiger partial charge in [0.15, 0.2) is 0 Å². The number of carbonyl (C=O) groups is 2. The zero-order valence-electron chi connectivity index (χ0n) is 16.7. The molecule has 0 aliphatic rings. The monoisotopic (exact) mass is 383 g/mol. The molecule has 150 valence electrons. The highest BCUT2D eigenvalue weighted by Crippen LogP contribution is 2.13. The van der Waals surface area contributed by atoms with Crippen LogP contribution in [-0.4, -0.2) is 31.0 Å². The number of rotatable bonds is 10. The fourth-order valence-electron chi connectivity index (χ4n) is 2.53. The fraction of sp³-hybridized carbons (Fsp3) is 0.364. The first-order valence-corrected chi connectivity index (χ1v) is 9.62. The van der Waals surface area contributed by atoms with Crippen LogP contribution < -0.4 is 20.7 Å². The number of anilines is 1. The van der Waals surface area contributed by atoms with E-state index < -0.39 is 0 Å². The summed E-state index contributed by atoms with van der Waals surface area (Å²) in [5.41, 5.74) is 2.31. The average Bonchev–Trinajstić information content (AvgIpc) is 2.67. The van der Waals surface area contributed by atoms with Crippen LogP contribution in [0.25, 0.3) is 0 Å². The largest absolute Gasteiger partial charge is 0.491 e. The van der Waals surface area contributed by atoms with Crippen molar-refractivity contribution >= 4 is 17.5 Å². The number of hydrogen-bond donors (Lipinski definition) is 3. The summed E-state index contributed by atoms with van der Waals surface area (Å²) in [6.45, 7) is 7.42. The van der Waals surface area contributed by atoms with Gasteiger partial charge in [-0.1, -0.05) is 19.1 Å². The molecule has 0 radical (unpaired) electrons. The molecule has 3 N–H and O–H groups in total. The SMILES string of the molecule is CCCNC(=O)c1ccc(NC(=O)CNCc2ccc(OC(C)C)cc2)cc1. The summed E-state index contributed by atoms with van der Waals surface area (Å²) in [6, 6.07) is 14.7. The molecule has 2 amide bonds. The average molecular weight is 383 g/mol. The van der Waals surface area contributed by atoms with E-state index in [0.29, 0.717) is 24.3 Å². The Balaban J connectivity index is 1.74. The first-order chi connectivity index (χ1) is 13.5. The minimum Gasteiger partial charge on any atom is -0.491 e. The van der Waals surface area contributed by atoms with Gasteiger partial charge in [0, 0.05) is 24.3 Å². The molecule has 0 bridgehead atoms. The molecule has 0 fully saturated rings. The van der Waals surface area contributed by atoms with E-state index in [4.69, 9.17) is 4.74 Å². The van der Waals surface area contributed by atoms with Crippen LogP contribution in [-0.2, 0) is 11.3 Å². The molecule has 28 heavy (non-hydrogen) atoms. The number of nitrogens with one attached hydrogen (secondary N) is 3. The molecular weight excluding hydrogens is 354 g/mol. The maximum Gasteiger partial charge on any atom is 0.251 e. The van der Waals surface area contributed by atoms with Crippen LogP contribution in [0.4, 0.5) is 5.69 Å². The molecule has 0 aromatic heterocycles. The summed E-state index contributed by atoms with van der Waals surface area (Å²) < 4.78 is 5.61. The molecule has 0 aliphatic heterocycles. The maximum absolute atomic E-state index is 12.1. The van der Waals surface area contributed by atoms with Crippen molar-refractivity contribution in [2.75, 3.05) is 18.4 Å². The minimum atomic E-state index is -0.136. The van der Waals surface area contributed by atoms with E-state index in [2.05, 4.69) is 16.0 Å². The van der Waals surface area contributed by atoms with Gasteiger partial charge in [0.25, 0.3) is 5.91 Å². The number of benzene rings is 2. The van der Waals surface area contributed by atoms with Gasteiger partial charge in [-0.3, -0.25) is 9.59 Å². The Hall–Kier alpha value is -2.86. The van der Waals surface area contributed by atoms with Gasteiger partial charge in [-0.15, -0.1) is 0 Å². The second-order valence-electron chi connectivity index (χ2n) is 6.80. The molecule has 6 nitrogen and oxygen atoms in total. The molecule has 0 heterocycles. The molecule has 0 saturated heterocycles. The van der Waals surface area contributed by atoms with E-state index in [0.717, 1.165) is 17.7 Å². The van der Waals surface area contributed by atoms with Crippen LogP contribution in [0.3, 0.4) is 0 Å². The first kappa shape index (κ1) is 21.4. The van der Waals surface area contributed by atoms with Gasteiger partial charge in [0.1, 0.15) is 5.75 Å². The normalized spacial score (nSPS) is 10.6.